The van der Waals surface area contributed by atoms with Gasteiger partial charge < -0.3 is 10.2 Å². The zero-order valence-electron chi connectivity index (χ0n) is 13.2. The summed E-state index contributed by atoms with van der Waals surface area (Å²) in [6, 6.07) is -1.56. The topological polar surface area (TPSA) is 146 Å². The van der Waals surface area contributed by atoms with Crippen LogP contribution in [0.3, 0.4) is 0 Å². The first kappa shape index (κ1) is 18.9. The highest BCUT2D eigenvalue weighted by molar-refractivity contribution is 7.80. The molecule has 3 amide bonds. The van der Waals surface area contributed by atoms with Crippen molar-refractivity contribution >= 4 is 22.3 Å². The van der Waals surface area contributed by atoms with Crippen molar-refractivity contribution in [2.45, 2.75) is 50.3 Å². The van der Waals surface area contributed by atoms with Gasteiger partial charge in [0.05, 0.1) is 0 Å². The molecule has 1 aliphatic heterocycles. The summed E-state index contributed by atoms with van der Waals surface area (Å²) < 4.78 is 33.3. The number of rotatable bonds is 6. The molecule has 2 unspecified atom stereocenters. The number of hydrogen-bond donors (Lipinski definition) is 4. The fourth-order valence-corrected chi connectivity index (χ4v) is 2.91. The van der Waals surface area contributed by atoms with Gasteiger partial charge in [0, 0.05) is 12.6 Å². The molecule has 0 aromatic heterocycles. The fraction of sp³-hybridized carbons (Fsp3) is 0.833. The first-order chi connectivity index (χ1) is 11.3. The molecule has 1 saturated carbocycles. The number of carbonyl (C=O) groups is 2. The Labute approximate surface area is 139 Å². The maximum absolute atomic E-state index is 12.3. The first-order valence-electron chi connectivity index (χ1n) is 7.67. The molecular weight excluding hydrogens is 344 g/mol. The van der Waals surface area contributed by atoms with E-state index in [0.29, 0.717) is 12.8 Å². The van der Waals surface area contributed by atoms with Gasteiger partial charge >= 0.3 is 16.4 Å². The molecule has 2 rings (SSSR count). The summed E-state index contributed by atoms with van der Waals surface area (Å²) in [5.41, 5.74) is 3.97. The van der Waals surface area contributed by atoms with Crippen LogP contribution in [0.4, 0.5) is 4.79 Å². The van der Waals surface area contributed by atoms with Crippen LogP contribution in [-0.2, 0) is 24.3 Å². The molecule has 1 aliphatic carbocycles. The lowest BCUT2D eigenvalue weighted by molar-refractivity contribution is -0.151. The summed E-state index contributed by atoms with van der Waals surface area (Å²) in [7, 11) is -3.00. The van der Waals surface area contributed by atoms with Gasteiger partial charge in [-0.2, -0.15) is 13.9 Å². The summed E-state index contributed by atoms with van der Waals surface area (Å²) in [6.07, 6.45) is 3.48. The van der Waals surface area contributed by atoms with Crippen LogP contribution in [0.1, 0.15) is 32.1 Å². The van der Waals surface area contributed by atoms with Crippen LogP contribution in [0, 0.1) is 0 Å². The van der Waals surface area contributed by atoms with Crippen molar-refractivity contribution in [2.24, 2.45) is 0 Å². The largest absolute Gasteiger partial charge is 0.418 e. The van der Waals surface area contributed by atoms with Gasteiger partial charge in [0.25, 0.3) is 5.91 Å². The van der Waals surface area contributed by atoms with Crippen LogP contribution < -0.4 is 16.3 Å². The monoisotopic (exact) mass is 366 g/mol. The lowest BCUT2D eigenvalue weighted by Gasteiger charge is -2.37. The zero-order valence-corrected chi connectivity index (χ0v) is 14.0. The Balaban J connectivity index is 1.87. The minimum absolute atomic E-state index is 0.118. The minimum Gasteiger partial charge on any atom is -0.314 e. The van der Waals surface area contributed by atoms with E-state index in [4.69, 9.17) is 9.39 Å². The maximum atomic E-state index is 12.3. The van der Waals surface area contributed by atoms with Crippen molar-refractivity contribution in [3.63, 3.8) is 0 Å². The average Bonchev–Trinajstić information content (AvgIpc) is 2.51. The molecule has 24 heavy (non-hydrogen) atoms. The molecule has 0 spiro atoms. The zero-order chi connectivity index (χ0) is 17.7. The Kier molecular flexibility index (Phi) is 6.34. The van der Waals surface area contributed by atoms with Crippen molar-refractivity contribution < 1.29 is 31.7 Å². The number of nitrogens with zero attached hydrogens (tertiary/aromatic N) is 1. The van der Waals surface area contributed by atoms with Crippen molar-refractivity contribution in [2.75, 3.05) is 13.6 Å². The average molecular weight is 366 g/mol. The quantitative estimate of drug-likeness (QED) is 0.349. The van der Waals surface area contributed by atoms with Gasteiger partial charge in [0.1, 0.15) is 12.1 Å². The second-order valence-corrected chi connectivity index (χ2v) is 6.74. The van der Waals surface area contributed by atoms with Gasteiger partial charge in [-0.15, -0.1) is 4.28 Å². The van der Waals surface area contributed by atoms with E-state index >= 15 is 0 Å². The summed E-state index contributed by atoms with van der Waals surface area (Å²) in [6.45, 7) is 0.251. The second-order valence-electron chi connectivity index (χ2n) is 5.72. The van der Waals surface area contributed by atoms with Crippen LogP contribution in [0.25, 0.3) is 0 Å². The number of likely N-dealkylation sites (tertiary alicyclic amines) is 1. The van der Waals surface area contributed by atoms with Gasteiger partial charge in [0.2, 0.25) is 0 Å². The molecule has 12 heteroatoms. The molecule has 2 fully saturated rings. The van der Waals surface area contributed by atoms with E-state index in [2.05, 4.69) is 15.1 Å². The van der Waals surface area contributed by atoms with E-state index in [1.54, 1.807) is 5.48 Å². The number of likely N-dealkylation sites (N-methyl/N-ethyl adjacent to an activating group) is 1. The Morgan fingerprint density at radius 1 is 1.17 bits per heavy atom. The second kappa shape index (κ2) is 8.07. The Hall–Kier alpha value is -1.47. The van der Waals surface area contributed by atoms with E-state index in [9.17, 15) is 18.0 Å². The standard InChI is InChI=1S/C12H22N4O7S/c1-13-8-5-6-10(8)22-14-11(17)9-4-2-3-7-16(9)12(18)15-23-24(19,20)21/h8-10,13H,2-7H2,1H3,(H,14,17)(H,15,18)(H,19,20,21)/t8?,9-,10?/m0/s1. The number of urea groups is 1. The van der Waals surface area contributed by atoms with Crippen molar-refractivity contribution in [3.05, 3.63) is 0 Å². The number of hydroxylamine groups is 2. The third-order valence-corrected chi connectivity index (χ3v) is 4.49. The van der Waals surface area contributed by atoms with Gasteiger partial charge in [0.15, 0.2) is 0 Å². The predicted octanol–water partition coefficient (Wildman–Crippen LogP) is -0.917. The normalized spacial score (nSPS) is 27.2. The molecule has 2 aliphatic rings. The third kappa shape index (κ3) is 5.01. The van der Waals surface area contributed by atoms with E-state index in [0.717, 1.165) is 24.2 Å². The van der Waals surface area contributed by atoms with Crippen LogP contribution in [0.2, 0.25) is 0 Å². The molecule has 4 N–H and O–H groups in total. The smallest absolute Gasteiger partial charge is 0.314 e. The first-order valence-corrected chi connectivity index (χ1v) is 9.03. The number of amides is 3. The predicted molar refractivity (Wildman–Crippen MR) is 80.6 cm³/mol. The summed E-state index contributed by atoms with van der Waals surface area (Å²) >= 11 is 0. The lowest BCUT2D eigenvalue weighted by atomic mass is 9.89. The van der Waals surface area contributed by atoms with Crippen LogP contribution >= 0.6 is 0 Å². The number of nitrogens with one attached hydrogen (secondary N) is 3. The van der Waals surface area contributed by atoms with E-state index < -0.39 is 28.4 Å². The van der Waals surface area contributed by atoms with Gasteiger partial charge in [-0.1, -0.05) is 0 Å². The SMILES string of the molecule is CNC1CCC1ONC(=O)[C@@H]1CCCCN1C(=O)NOS(=O)(=O)O. The highest BCUT2D eigenvalue weighted by Gasteiger charge is 2.35. The van der Waals surface area contributed by atoms with Crippen LogP contribution in [-0.4, -0.2) is 61.6 Å². The third-order valence-electron chi connectivity index (χ3n) is 4.19. The molecule has 3 atom stereocenters. The Morgan fingerprint density at radius 3 is 2.50 bits per heavy atom. The maximum Gasteiger partial charge on any atom is 0.418 e. The molecule has 1 saturated heterocycles. The van der Waals surface area contributed by atoms with Gasteiger partial charge in [-0.05, 0) is 39.2 Å². The summed E-state index contributed by atoms with van der Waals surface area (Å²) in [4.78, 5) is 30.7. The fourth-order valence-electron chi connectivity index (χ4n) is 2.74. The van der Waals surface area contributed by atoms with E-state index in [-0.39, 0.29) is 18.7 Å². The number of hydrogen-bond acceptors (Lipinski definition) is 7. The van der Waals surface area contributed by atoms with Gasteiger partial charge in [-0.3, -0.25) is 14.2 Å². The van der Waals surface area contributed by atoms with Crippen molar-refractivity contribution in [3.8, 4) is 0 Å². The summed E-state index contributed by atoms with van der Waals surface area (Å²) in [5, 5.41) is 3.06. The molecule has 11 nitrogen and oxygen atoms in total. The molecule has 1 heterocycles. The Morgan fingerprint density at radius 2 is 1.92 bits per heavy atom. The highest BCUT2D eigenvalue weighted by Crippen LogP contribution is 2.22. The van der Waals surface area contributed by atoms with Crippen molar-refractivity contribution in [1.82, 2.24) is 21.2 Å². The van der Waals surface area contributed by atoms with E-state index in [1.165, 1.54) is 0 Å². The highest BCUT2D eigenvalue weighted by atomic mass is 32.3. The molecule has 0 aromatic carbocycles. The minimum atomic E-state index is -4.81. The Bertz CT molecular complexity index is 568. The van der Waals surface area contributed by atoms with Crippen LogP contribution in [0.15, 0.2) is 0 Å². The lowest BCUT2D eigenvalue weighted by Crippen LogP contribution is -2.57. The summed E-state index contributed by atoms with van der Waals surface area (Å²) in [5.74, 6) is -0.488. The molecular formula is C12H22N4O7S. The van der Waals surface area contributed by atoms with Gasteiger partial charge in [-0.25, -0.2) is 10.3 Å². The molecule has 0 bridgehead atoms. The molecule has 0 radical (unpaired) electrons. The van der Waals surface area contributed by atoms with Crippen molar-refractivity contribution in [1.29, 1.82) is 0 Å². The van der Waals surface area contributed by atoms with Crippen LogP contribution in [0.5, 0.6) is 0 Å². The molecule has 0 aromatic rings. The molecule has 138 valence electrons. The van der Waals surface area contributed by atoms with E-state index in [1.807, 2.05) is 7.05 Å². The number of carbonyl (C=O) groups excluding carboxylic acids is 2. The number of piperidine rings is 1.